The second-order valence-electron chi connectivity index (χ2n) is 2.61. The van der Waals surface area contributed by atoms with Crippen molar-refractivity contribution < 1.29 is 27.0 Å². The van der Waals surface area contributed by atoms with Gasteiger partial charge in [0.05, 0.1) is 19.8 Å². The highest BCUT2D eigenvalue weighted by molar-refractivity contribution is 8.14. The molecule has 0 radical (unpaired) electrons. The van der Waals surface area contributed by atoms with Crippen molar-refractivity contribution in [1.82, 2.24) is 0 Å². The van der Waals surface area contributed by atoms with Crippen LogP contribution in [0, 0.1) is 0 Å². The standard InChI is InChI=1S/C6H11NO6S2/c8-3-5(9)4-12-15(10,11)13-6-7-1-2-14-6/h5,8-9H,1-4H2. The molecule has 7 nitrogen and oxygen atoms in total. The molecular formula is C6H11NO6S2. The minimum absolute atomic E-state index is 0.0356. The van der Waals surface area contributed by atoms with Gasteiger partial charge in [-0.2, -0.15) is 8.42 Å². The molecule has 1 heterocycles. The van der Waals surface area contributed by atoms with E-state index in [4.69, 9.17) is 10.2 Å². The van der Waals surface area contributed by atoms with E-state index in [0.717, 1.165) is 0 Å². The monoisotopic (exact) mass is 257 g/mol. The van der Waals surface area contributed by atoms with Crippen LogP contribution in [0.5, 0.6) is 0 Å². The van der Waals surface area contributed by atoms with Crippen molar-refractivity contribution >= 4 is 27.4 Å². The number of hydrogen-bond acceptors (Lipinski definition) is 8. The lowest BCUT2D eigenvalue weighted by Gasteiger charge is -2.08. The van der Waals surface area contributed by atoms with Gasteiger partial charge in [-0.15, -0.1) is 0 Å². The minimum atomic E-state index is -4.19. The van der Waals surface area contributed by atoms with Gasteiger partial charge in [0.25, 0.3) is 5.23 Å². The first-order valence-electron chi connectivity index (χ1n) is 4.08. The number of aliphatic hydroxyl groups is 2. The Labute approximate surface area is 91.4 Å². The van der Waals surface area contributed by atoms with E-state index in [1.807, 2.05) is 0 Å². The minimum Gasteiger partial charge on any atom is -0.394 e. The zero-order valence-electron chi connectivity index (χ0n) is 7.70. The first-order valence-corrected chi connectivity index (χ1v) is 6.40. The van der Waals surface area contributed by atoms with Gasteiger partial charge in [-0.25, -0.2) is 9.18 Å². The van der Waals surface area contributed by atoms with E-state index >= 15 is 0 Å². The highest BCUT2D eigenvalue weighted by atomic mass is 32.3. The average molecular weight is 257 g/mol. The van der Waals surface area contributed by atoms with Gasteiger partial charge in [-0.1, -0.05) is 11.8 Å². The third kappa shape index (κ3) is 4.80. The fourth-order valence-corrected chi connectivity index (χ4v) is 2.27. The Morgan fingerprint density at radius 2 is 2.33 bits per heavy atom. The normalized spacial score (nSPS) is 18.7. The fourth-order valence-electron chi connectivity index (χ4n) is 0.692. The molecule has 1 rings (SSSR count). The third-order valence-corrected chi connectivity index (χ3v) is 3.08. The molecule has 1 atom stereocenters. The first kappa shape index (κ1) is 12.7. The van der Waals surface area contributed by atoms with Crippen molar-refractivity contribution in [1.29, 1.82) is 0 Å². The first-order chi connectivity index (χ1) is 7.03. The maximum atomic E-state index is 11.1. The summed E-state index contributed by atoms with van der Waals surface area (Å²) in [6, 6.07) is 0. The summed E-state index contributed by atoms with van der Waals surface area (Å²) in [5.74, 6) is 0.671. The molecule has 9 heteroatoms. The SMILES string of the molecule is O=S(=O)(OCC(O)CO)OC1=NCCS1. The third-order valence-electron chi connectivity index (χ3n) is 1.35. The molecule has 0 aromatic heterocycles. The van der Waals surface area contributed by atoms with Crippen molar-refractivity contribution in [2.75, 3.05) is 25.5 Å². The number of aliphatic imine (C=N–C) groups is 1. The van der Waals surface area contributed by atoms with E-state index in [2.05, 4.69) is 13.4 Å². The molecule has 0 spiro atoms. The Hall–Kier alpha value is -0.350. The highest BCUT2D eigenvalue weighted by Gasteiger charge is 2.20. The predicted molar refractivity (Wildman–Crippen MR) is 53.8 cm³/mol. The molecule has 0 saturated heterocycles. The van der Waals surface area contributed by atoms with Crippen molar-refractivity contribution in [2.45, 2.75) is 6.10 Å². The summed E-state index contributed by atoms with van der Waals surface area (Å²) >= 11 is 1.17. The van der Waals surface area contributed by atoms with Crippen LogP contribution >= 0.6 is 11.8 Å². The Morgan fingerprint density at radius 1 is 1.60 bits per heavy atom. The van der Waals surface area contributed by atoms with Crippen LogP contribution in [0.25, 0.3) is 0 Å². The van der Waals surface area contributed by atoms with Crippen LogP contribution < -0.4 is 0 Å². The second kappa shape index (κ2) is 5.66. The van der Waals surface area contributed by atoms with Crippen LogP contribution in [0.4, 0.5) is 0 Å². The maximum absolute atomic E-state index is 11.1. The van der Waals surface area contributed by atoms with Gasteiger partial charge in [-0.05, 0) is 0 Å². The quantitative estimate of drug-likeness (QED) is 0.632. The molecule has 0 saturated carbocycles. The molecule has 1 unspecified atom stereocenters. The largest absolute Gasteiger partial charge is 0.451 e. The van der Waals surface area contributed by atoms with Gasteiger partial charge in [0, 0.05) is 5.75 Å². The summed E-state index contributed by atoms with van der Waals surface area (Å²) in [7, 11) is -4.19. The Kier molecular flexibility index (Phi) is 4.80. The number of nitrogens with zero attached hydrogens (tertiary/aromatic N) is 1. The Morgan fingerprint density at radius 3 is 2.87 bits per heavy atom. The predicted octanol–water partition coefficient (Wildman–Crippen LogP) is -1.28. The van der Waals surface area contributed by atoms with Gasteiger partial charge in [0.15, 0.2) is 0 Å². The second-order valence-corrected chi connectivity index (χ2v) is 4.87. The molecule has 0 bridgehead atoms. The molecule has 15 heavy (non-hydrogen) atoms. The molecule has 0 fully saturated rings. The summed E-state index contributed by atoms with van der Waals surface area (Å²) in [5.41, 5.74) is 0. The van der Waals surface area contributed by atoms with Crippen LogP contribution in [0.3, 0.4) is 0 Å². The van der Waals surface area contributed by atoms with E-state index in [1.165, 1.54) is 11.8 Å². The number of hydrogen-bond donors (Lipinski definition) is 2. The number of aliphatic hydroxyl groups excluding tert-OH is 2. The Balaban J connectivity index is 2.38. The van der Waals surface area contributed by atoms with Gasteiger partial charge < -0.3 is 14.4 Å². The summed E-state index contributed by atoms with van der Waals surface area (Å²) in [5, 5.41) is 17.3. The summed E-state index contributed by atoms with van der Waals surface area (Å²) in [6.45, 7) is -0.614. The lowest BCUT2D eigenvalue weighted by Crippen LogP contribution is -2.23. The molecule has 1 aliphatic rings. The fraction of sp³-hybridized carbons (Fsp3) is 0.833. The smallest absolute Gasteiger partial charge is 0.394 e. The molecule has 0 aromatic rings. The van der Waals surface area contributed by atoms with Gasteiger partial charge in [-0.3, -0.25) is 0 Å². The average Bonchev–Trinajstić information content (AvgIpc) is 2.66. The van der Waals surface area contributed by atoms with Crippen LogP contribution in [-0.4, -0.2) is 55.5 Å². The van der Waals surface area contributed by atoms with Gasteiger partial charge in [0.1, 0.15) is 6.10 Å². The van der Waals surface area contributed by atoms with Crippen molar-refractivity contribution in [3.8, 4) is 0 Å². The van der Waals surface area contributed by atoms with Gasteiger partial charge in [0.2, 0.25) is 0 Å². The van der Waals surface area contributed by atoms with Gasteiger partial charge >= 0.3 is 10.4 Å². The maximum Gasteiger partial charge on any atom is 0.451 e. The molecule has 1 aliphatic heterocycles. The van der Waals surface area contributed by atoms with Crippen molar-refractivity contribution in [2.24, 2.45) is 4.99 Å². The summed E-state index contributed by atoms with van der Waals surface area (Å²) < 4.78 is 30.9. The highest BCUT2D eigenvalue weighted by Crippen LogP contribution is 2.15. The zero-order valence-corrected chi connectivity index (χ0v) is 9.33. The van der Waals surface area contributed by atoms with Crippen molar-refractivity contribution in [3.63, 3.8) is 0 Å². The molecular weight excluding hydrogens is 246 g/mol. The van der Waals surface area contributed by atoms with Crippen LogP contribution in [-0.2, 0) is 18.8 Å². The zero-order chi connectivity index (χ0) is 11.3. The molecule has 2 N–H and O–H groups in total. The van der Waals surface area contributed by atoms with E-state index < -0.39 is 29.7 Å². The molecule has 0 amide bonds. The molecule has 88 valence electrons. The van der Waals surface area contributed by atoms with E-state index in [1.54, 1.807) is 0 Å². The number of rotatable bonds is 5. The van der Waals surface area contributed by atoms with Crippen molar-refractivity contribution in [3.05, 3.63) is 0 Å². The Bertz CT molecular complexity index is 327. The summed E-state index contributed by atoms with van der Waals surface area (Å²) in [6.07, 6.45) is -1.25. The van der Waals surface area contributed by atoms with Crippen LogP contribution in [0.15, 0.2) is 4.99 Å². The van der Waals surface area contributed by atoms with Crippen LogP contribution in [0.2, 0.25) is 0 Å². The summed E-state index contributed by atoms with van der Waals surface area (Å²) in [4.78, 5) is 3.75. The molecule has 0 aromatic carbocycles. The van der Waals surface area contributed by atoms with E-state index in [0.29, 0.717) is 12.3 Å². The van der Waals surface area contributed by atoms with Crippen LogP contribution in [0.1, 0.15) is 0 Å². The van der Waals surface area contributed by atoms with E-state index in [9.17, 15) is 8.42 Å². The lowest BCUT2D eigenvalue weighted by atomic mass is 10.4. The van der Waals surface area contributed by atoms with E-state index in [-0.39, 0.29) is 5.23 Å². The topological polar surface area (TPSA) is 105 Å². The number of thioether (sulfide) groups is 1. The lowest BCUT2D eigenvalue weighted by molar-refractivity contribution is 0.0520. The molecule has 0 aliphatic carbocycles.